The highest BCUT2D eigenvalue weighted by atomic mass is 32.1. The van der Waals surface area contributed by atoms with Crippen LogP contribution in [0.1, 0.15) is 23.8 Å². The second-order valence-corrected chi connectivity index (χ2v) is 8.48. The number of aryl methyl sites for hydroxylation is 1. The molecule has 1 amide bonds. The number of hydrogen-bond donors (Lipinski definition) is 1. The van der Waals surface area contributed by atoms with Crippen LogP contribution in [0.15, 0.2) is 29.3 Å². The number of nitro groups is 1. The van der Waals surface area contributed by atoms with Gasteiger partial charge in [-0.3, -0.25) is 24.3 Å². The van der Waals surface area contributed by atoms with Gasteiger partial charge in [-0.2, -0.15) is 0 Å². The third-order valence-corrected chi connectivity index (χ3v) is 6.43. The molecular weight excluding hydrogens is 408 g/mol. The van der Waals surface area contributed by atoms with Crippen LogP contribution in [0.3, 0.4) is 0 Å². The zero-order chi connectivity index (χ0) is 21.4. The fraction of sp³-hybridized carbons (Fsp3) is 0.350. The van der Waals surface area contributed by atoms with Crippen molar-refractivity contribution in [3.05, 3.63) is 55.4 Å². The first-order valence-electron chi connectivity index (χ1n) is 9.49. The molecular formula is C20H20N4O5S. The third-order valence-electron chi connectivity index (χ3n) is 5.27. The number of methoxy groups -OCH3 is 1. The lowest BCUT2D eigenvalue weighted by atomic mass is 9.89. The molecule has 0 aliphatic heterocycles. The van der Waals surface area contributed by atoms with Gasteiger partial charge in [-0.25, -0.2) is 4.98 Å². The highest BCUT2D eigenvalue weighted by Gasteiger charge is 2.24. The number of anilines is 1. The molecule has 0 spiro atoms. The zero-order valence-electron chi connectivity index (χ0n) is 16.5. The average Bonchev–Trinajstić information content (AvgIpc) is 3.08. The van der Waals surface area contributed by atoms with Gasteiger partial charge in [0.15, 0.2) is 0 Å². The molecule has 9 nitrogen and oxygen atoms in total. The maximum absolute atomic E-state index is 13.0. The van der Waals surface area contributed by atoms with Crippen molar-refractivity contribution in [1.82, 2.24) is 9.55 Å². The van der Waals surface area contributed by atoms with Crippen molar-refractivity contribution in [3.63, 3.8) is 0 Å². The van der Waals surface area contributed by atoms with E-state index >= 15 is 0 Å². The topological polar surface area (TPSA) is 116 Å². The van der Waals surface area contributed by atoms with Crippen molar-refractivity contribution >= 4 is 38.8 Å². The number of rotatable bonds is 5. The van der Waals surface area contributed by atoms with Crippen molar-refractivity contribution in [3.8, 4) is 5.75 Å². The Hall–Kier alpha value is -3.27. The van der Waals surface area contributed by atoms with E-state index in [1.807, 2.05) is 0 Å². The minimum atomic E-state index is -0.601. The van der Waals surface area contributed by atoms with Crippen LogP contribution in [0.25, 0.3) is 10.2 Å². The fourth-order valence-corrected chi connectivity index (χ4v) is 5.06. The van der Waals surface area contributed by atoms with Gasteiger partial charge in [0, 0.05) is 4.88 Å². The van der Waals surface area contributed by atoms with Gasteiger partial charge in [-0.05, 0) is 42.9 Å². The Morgan fingerprint density at radius 2 is 2.27 bits per heavy atom. The summed E-state index contributed by atoms with van der Waals surface area (Å²) in [5.74, 6) is 0.338. The van der Waals surface area contributed by atoms with Gasteiger partial charge < -0.3 is 10.1 Å². The Morgan fingerprint density at radius 3 is 3.00 bits per heavy atom. The number of fused-ring (bicyclic) bond motifs is 3. The lowest BCUT2D eigenvalue weighted by Gasteiger charge is -2.17. The van der Waals surface area contributed by atoms with Crippen LogP contribution >= 0.6 is 11.3 Å². The van der Waals surface area contributed by atoms with Gasteiger partial charge in [0.1, 0.15) is 22.8 Å². The molecule has 30 heavy (non-hydrogen) atoms. The number of ether oxygens (including phenoxy) is 1. The number of hydrogen-bond acceptors (Lipinski definition) is 7. The van der Waals surface area contributed by atoms with Crippen LogP contribution in [-0.4, -0.2) is 27.5 Å². The van der Waals surface area contributed by atoms with E-state index in [0.717, 1.165) is 24.8 Å². The van der Waals surface area contributed by atoms with E-state index in [9.17, 15) is 19.7 Å². The molecule has 10 heteroatoms. The standard InChI is InChI=1S/C20H20N4O5S/c1-11-3-5-13-16(7-11)30-19-18(13)20(26)23(10-21-19)9-17(25)22-14-6-4-12(29-2)8-15(14)24(27)28/h4,6,8,10-11H,3,5,7,9H2,1-2H3,(H,22,25). The molecule has 1 unspecified atom stereocenters. The Morgan fingerprint density at radius 1 is 1.47 bits per heavy atom. The van der Waals surface area contributed by atoms with Crippen LogP contribution in [0.4, 0.5) is 11.4 Å². The molecule has 2 aromatic heterocycles. The molecule has 1 atom stereocenters. The Balaban J connectivity index is 1.61. The van der Waals surface area contributed by atoms with E-state index in [0.29, 0.717) is 21.9 Å². The number of benzene rings is 1. The molecule has 1 aliphatic rings. The van der Waals surface area contributed by atoms with Gasteiger partial charge in [0.2, 0.25) is 5.91 Å². The predicted molar refractivity (Wildman–Crippen MR) is 113 cm³/mol. The minimum absolute atomic E-state index is 0.0368. The van der Waals surface area contributed by atoms with E-state index in [-0.39, 0.29) is 23.5 Å². The van der Waals surface area contributed by atoms with Crippen LogP contribution in [0.2, 0.25) is 0 Å². The summed E-state index contributed by atoms with van der Waals surface area (Å²) in [7, 11) is 1.40. The van der Waals surface area contributed by atoms with Gasteiger partial charge in [-0.15, -0.1) is 11.3 Å². The SMILES string of the molecule is COc1ccc(NC(=O)Cn2cnc3sc4c(c3c2=O)CCC(C)C4)c([N+](=O)[O-])c1. The summed E-state index contributed by atoms with van der Waals surface area (Å²) in [5, 5.41) is 14.4. The number of amides is 1. The molecule has 1 aliphatic carbocycles. The number of carbonyl (C=O) groups excluding carboxylic acids is 1. The first kappa shape index (κ1) is 20.0. The molecule has 0 saturated carbocycles. The van der Waals surface area contributed by atoms with E-state index in [1.54, 1.807) is 11.3 Å². The molecule has 0 fully saturated rings. The number of nitrogens with zero attached hydrogens (tertiary/aromatic N) is 3. The quantitative estimate of drug-likeness (QED) is 0.493. The lowest BCUT2D eigenvalue weighted by molar-refractivity contribution is -0.384. The number of carbonyl (C=O) groups is 1. The molecule has 1 aromatic carbocycles. The lowest BCUT2D eigenvalue weighted by Crippen LogP contribution is -2.28. The monoisotopic (exact) mass is 428 g/mol. The normalized spacial score (nSPS) is 15.6. The molecule has 0 saturated heterocycles. The van der Waals surface area contributed by atoms with Crippen LogP contribution in [0.5, 0.6) is 5.75 Å². The fourth-order valence-electron chi connectivity index (χ4n) is 3.72. The smallest absolute Gasteiger partial charge is 0.296 e. The molecule has 0 radical (unpaired) electrons. The van der Waals surface area contributed by atoms with E-state index < -0.39 is 10.8 Å². The first-order valence-corrected chi connectivity index (χ1v) is 10.3. The number of thiophene rings is 1. The molecule has 156 valence electrons. The van der Waals surface area contributed by atoms with Gasteiger partial charge in [0.25, 0.3) is 11.2 Å². The molecule has 2 heterocycles. The van der Waals surface area contributed by atoms with E-state index in [2.05, 4.69) is 17.2 Å². The molecule has 4 rings (SSSR count). The van der Waals surface area contributed by atoms with E-state index in [4.69, 9.17) is 4.74 Å². The third kappa shape index (κ3) is 3.65. The molecule has 3 aromatic rings. The maximum Gasteiger partial charge on any atom is 0.296 e. The highest BCUT2D eigenvalue weighted by Crippen LogP contribution is 2.35. The number of nitro benzene ring substituents is 1. The van der Waals surface area contributed by atoms with Crippen molar-refractivity contribution in [1.29, 1.82) is 0 Å². The summed E-state index contributed by atoms with van der Waals surface area (Å²) in [6.07, 6.45) is 4.16. The summed E-state index contributed by atoms with van der Waals surface area (Å²) < 4.78 is 6.24. The maximum atomic E-state index is 13.0. The Bertz CT molecular complexity index is 1220. The van der Waals surface area contributed by atoms with Gasteiger partial charge in [0.05, 0.1) is 29.8 Å². The average molecular weight is 428 g/mol. The summed E-state index contributed by atoms with van der Waals surface area (Å²) in [4.78, 5) is 42.5. The molecule has 1 N–H and O–H groups in total. The van der Waals surface area contributed by atoms with Crippen molar-refractivity contribution in [2.75, 3.05) is 12.4 Å². The molecule has 0 bridgehead atoms. The van der Waals surface area contributed by atoms with Crippen LogP contribution < -0.4 is 15.6 Å². The van der Waals surface area contributed by atoms with Crippen molar-refractivity contribution in [2.45, 2.75) is 32.7 Å². The second kappa shape index (κ2) is 7.86. The van der Waals surface area contributed by atoms with Crippen molar-refractivity contribution in [2.24, 2.45) is 5.92 Å². The van der Waals surface area contributed by atoms with Crippen molar-refractivity contribution < 1.29 is 14.5 Å². The van der Waals surface area contributed by atoms with E-state index in [1.165, 1.54) is 41.1 Å². The van der Waals surface area contributed by atoms with Gasteiger partial charge >= 0.3 is 0 Å². The predicted octanol–water partition coefficient (Wildman–Crippen LogP) is 3.14. The van der Waals surface area contributed by atoms with Crippen LogP contribution in [-0.2, 0) is 24.2 Å². The minimum Gasteiger partial charge on any atom is -0.496 e. The second-order valence-electron chi connectivity index (χ2n) is 7.40. The Kier molecular flexibility index (Phi) is 5.25. The summed E-state index contributed by atoms with van der Waals surface area (Å²) >= 11 is 1.54. The number of aromatic nitrogens is 2. The largest absolute Gasteiger partial charge is 0.496 e. The van der Waals surface area contributed by atoms with Gasteiger partial charge in [-0.1, -0.05) is 6.92 Å². The summed E-state index contributed by atoms with van der Waals surface area (Å²) in [5.41, 5.74) is 0.539. The van der Waals surface area contributed by atoms with Crippen LogP contribution in [0, 0.1) is 16.0 Å². The summed E-state index contributed by atoms with van der Waals surface area (Å²) in [6, 6.07) is 4.14. The highest BCUT2D eigenvalue weighted by molar-refractivity contribution is 7.18. The zero-order valence-corrected chi connectivity index (χ0v) is 17.3. The first-order chi connectivity index (χ1) is 14.4. The Labute approximate surface area is 175 Å². The number of nitrogens with one attached hydrogen (secondary N) is 1. The summed E-state index contributed by atoms with van der Waals surface area (Å²) in [6.45, 7) is 1.91.